The lowest BCUT2D eigenvalue weighted by atomic mass is 10.2. The van der Waals surface area contributed by atoms with Crippen LogP contribution in [0.4, 0.5) is 5.69 Å². The highest BCUT2D eigenvalue weighted by molar-refractivity contribution is 14.0. The van der Waals surface area contributed by atoms with Gasteiger partial charge in [-0.15, -0.1) is 24.0 Å². The molecule has 0 heterocycles. The molecule has 0 spiro atoms. The minimum absolute atomic E-state index is 0. The van der Waals surface area contributed by atoms with Gasteiger partial charge >= 0.3 is 0 Å². The Labute approximate surface area is 152 Å². The lowest BCUT2D eigenvalue weighted by Crippen LogP contribution is -2.23. The fourth-order valence-electron chi connectivity index (χ4n) is 1.71. The van der Waals surface area contributed by atoms with E-state index in [9.17, 15) is 0 Å². The van der Waals surface area contributed by atoms with Crippen molar-refractivity contribution >= 4 is 47.2 Å². The van der Waals surface area contributed by atoms with Crippen LogP contribution in [-0.2, 0) is 0 Å². The van der Waals surface area contributed by atoms with Crippen molar-refractivity contribution in [3.8, 4) is 5.75 Å². The zero-order valence-corrected chi connectivity index (χ0v) is 15.3. The summed E-state index contributed by atoms with van der Waals surface area (Å²) < 4.78 is 5.53. The molecule has 0 unspecified atom stereocenters. The molecule has 0 atom stereocenters. The van der Waals surface area contributed by atoms with Crippen molar-refractivity contribution in [1.29, 1.82) is 0 Å². The van der Waals surface area contributed by atoms with Crippen LogP contribution in [0.1, 0.15) is 5.56 Å². The molecular weight excluding hydrogens is 413 g/mol. The average Bonchev–Trinajstić information content (AvgIpc) is 2.46. The van der Waals surface area contributed by atoms with Gasteiger partial charge in [0.15, 0.2) is 5.96 Å². The molecule has 3 N–H and O–H groups in total. The SMILES string of the molecule is Cc1ccc(NC(N)=NCCOc2cccc(Cl)c2)cc1.I. The van der Waals surface area contributed by atoms with Crippen LogP contribution in [0.15, 0.2) is 53.5 Å². The lowest BCUT2D eigenvalue weighted by Gasteiger charge is -2.07. The molecule has 0 radical (unpaired) electrons. The predicted octanol–water partition coefficient (Wildman–Crippen LogP) is 4.07. The summed E-state index contributed by atoms with van der Waals surface area (Å²) in [5.41, 5.74) is 7.92. The van der Waals surface area contributed by atoms with E-state index in [0.29, 0.717) is 24.1 Å². The third-order valence-electron chi connectivity index (χ3n) is 2.76. The summed E-state index contributed by atoms with van der Waals surface area (Å²) in [6, 6.07) is 15.2. The Morgan fingerprint density at radius 1 is 1.23 bits per heavy atom. The Morgan fingerprint density at radius 2 is 1.95 bits per heavy atom. The Hall–Kier alpha value is -1.47. The normalized spacial score (nSPS) is 10.7. The van der Waals surface area contributed by atoms with E-state index in [1.807, 2.05) is 43.3 Å². The second-order valence-corrected chi connectivity index (χ2v) is 5.00. The number of aryl methyl sites for hydroxylation is 1. The predicted molar refractivity (Wildman–Crippen MR) is 104 cm³/mol. The second-order valence-electron chi connectivity index (χ2n) is 4.56. The number of nitrogens with two attached hydrogens (primary N) is 1. The number of hydrogen-bond donors (Lipinski definition) is 2. The van der Waals surface area contributed by atoms with Crippen LogP contribution in [0.25, 0.3) is 0 Å². The monoisotopic (exact) mass is 431 g/mol. The number of hydrogen-bond acceptors (Lipinski definition) is 2. The van der Waals surface area contributed by atoms with E-state index in [4.69, 9.17) is 22.1 Å². The van der Waals surface area contributed by atoms with Gasteiger partial charge in [0.2, 0.25) is 0 Å². The zero-order valence-electron chi connectivity index (χ0n) is 12.3. The van der Waals surface area contributed by atoms with Gasteiger partial charge in [0.05, 0.1) is 6.54 Å². The van der Waals surface area contributed by atoms with Crippen LogP contribution in [-0.4, -0.2) is 19.1 Å². The summed E-state index contributed by atoms with van der Waals surface area (Å²) in [5, 5.41) is 3.68. The Balaban J connectivity index is 0.00000242. The fourth-order valence-corrected chi connectivity index (χ4v) is 1.89. The van der Waals surface area contributed by atoms with Gasteiger partial charge in [-0.3, -0.25) is 0 Å². The highest BCUT2D eigenvalue weighted by atomic mass is 127. The molecule has 0 bridgehead atoms. The molecule has 0 saturated carbocycles. The number of halogens is 2. The van der Waals surface area contributed by atoms with E-state index in [0.717, 1.165) is 11.4 Å². The molecule has 0 aliphatic heterocycles. The molecule has 22 heavy (non-hydrogen) atoms. The molecule has 0 aliphatic carbocycles. The van der Waals surface area contributed by atoms with Crippen molar-refractivity contribution in [3.63, 3.8) is 0 Å². The molecule has 6 heteroatoms. The van der Waals surface area contributed by atoms with Crippen LogP contribution in [0.5, 0.6) is 5.75 Å². The van der Waals surface area contributed by atoms with Crippen molar-refractivity contribution in [2.45, 2.75) is 6.92 Å². The van der Waals surface area contributed by atoms with E-state index < -0.39 is 0 Å². The van der Waals surface area contributed by atoms with Crippen molar-refractivity contribution in [3.05, 3.63) is 59.1 Å². The third-order valence-corrected chi connectivity index (χ3v) is 3.00. The van der Waals surface area contributed by atoms with Crippen molar-refractivity contribution < 1.29 is 4.74 Å². The first-order chi connectivity index (χ1) is 10.1. The molecule has 0 fully saturated rings. The number of anilines is 1. The summed E-state index contributed by atoms with van der Waals surface area (Å²) in [6.45, 7) is 2.95. The van der Waals surface area contributed by atoms with E-state index >= 15 is 0 Å². The molecule has 4 nitrogen and oxygen atoms in total. The summed E-state index contributed by atoms with van der Waals surface area (Å²) in [6.07, 6.45) is 0. The summed E-state index contributed by atoms with van der Waals surface area (Å²) in [4.78, 5) is 4.20. The maximum atomic E-state index is 5.87. The number of aliphatic imine (C=N–C) groups is 1. The van der Waals surface area contributed by atoms with E-state index in [2.05, 4.69) is 10.3 Å². The first-order valence-corrected chi connectivity index (χ1v) is 7.03. The molecule has 0 saturated heterocycles. The van der Waals surface area contributed by atoms with Gasteiger partial charge in [-0.2, -0.15) is 0 Å². The Morgan fingerprint density at radius 3 is 2.64 bits per heavy atom. The van der Waals surface area contributed by atoms with Crippen LogP contribution in [0.3, 0.4) is 0 Å². The second kappa shape index (κ2) is 9.53. The molecular formula is C16H19ClIN3O. The standard InChI is InChI=1S/C16H18ClN3O.HI/c1-12-5-7-14(8-6-12)20-16(18)19-9-10-21-15-4-2-3-13(17)11-15;/h2-8,11H,9-10H2,1H3,(H3,18,19,20);1H. The molecule has 2 aromatic carbocycles. The topological polar surface area (TPSA) is 59.6 Å². The van der Waals surface area contributed by atoms with Gasteiger partial charge in [0, 0.05) is 10.7 Å². The van der Waals surface area contributed by atoms with Gasteiger partial charge in [-0.1, -0.05) is 35.4 Å². The molecule has 2 aromatic rings. The highest BCUT2D eigenvalue weighted by Gasteiger charge is 1.96. The number of guanidine groups is 1. The average molecular weight is 432 g/mol. The third kappa shape index (κ3) is 6.53. The minimum Gasteiger partial charge on any atom is -0.492 e. The Bertz CT molecular complexity index is 617. The largest absolute Gasteiger partial charge is 0.492 e. The number of ether oxygens (including phenoxy) is 1. The Kier molecular flexibility index (Phi) is 8.05. The molecule has 0 aromatic heterocycles. The highest BCUT2D eigenvalue weighted by Crippen LogP contribution is 2.16. The minimum atomic E-state index is 0. The van der Waals surface area contributed by atoms with Gasteiger partial charge in [-0.05, 0) is 37.3 Å². The summed E-state index contributed by atoms with van der Waals surface area (Å²) in [5.74, 6) is 1.09. The van der Waals surface area contributed by atoms with E-state index in [1.165, 1.54) is 5.56 Å². The van der Waals surface area contributed by atoms with Crippen LogP contribution >= 0.6 is 35.6 Å². The quantitative estimate of drug-likeness (QED) is 0.325. The summed E-state index contributed by atoms with van der Waals surface area (Å²) >= 11 is 5.87. The fraction of sp³-hybridized carbons (Fsp3) is 0.188. The lowest BCUT2D eigenvalue weighted by molar-refractivity contribution is 0.329. The van der Waals surface area contributed by atoms with Gasteiger partial charge in [-0.25, -0.2) is 4.99 Å². The van der Waals surface area contributed by atoms with Crippen molar-refractivity contribution in [2.24, 2.45) is 10.7 Å². The number of nitrogens with one attached hydrogen (secondary N) is 1. The van der Waals surface area contributed by atoms with Crippen molar-refractivity contribution in [2.75, 3.05) is 18.5 Å². The van der Waals surface area contributed by atoms with Gasteiger partial charge in [0.25, 0.3) is 0 Å². The van der Waals surface area contributed by atoms with Crippen molar-refractivity contribution in [1.82, 2.24) is 0 Å². The molecule has 0 amide bonds. The molecule has 0 aliphatic rings. The van der Waals surface area contributed by atoms with E-state index in [-0.39, 0.29) is 24.0 Å². The van der Waals surface area contributed by atoms with Crippen LogP contribution in [0, 0.1) is 6.92 Å². The molecule has 118 valence electrons. The number of benzene rings is 2. The maximum absolute atomic E-state index is 5.87. The maximum Gasteiger partial charge on any atom is 0.193 e. The number of rotatable bonds is 5. The number of nitrogens with zero attached hydrogens (tertiary/aromatic N) is 1. The van der Waals surface area contributed by atoms with Gasteiger partial charge in [0.1, 0.15) is 12.4 Å². The smallest absolute Gasteiger partial charge is 0.193 e. The van der Waals surface area contributed by atoms with E-state index in [1.54, 1.807) is 12.1 Å². The van der Waals surface area contributed by atoms with Crippen LogP contribution in [0.2, 0.25) is 5.02 Å². The first-order valence-electron chi connectivity index (χ1n) is 6.65. The first kappa shape index (κ1) is 18.6. The van der Waals surface area contributed by atoms with Crippen LogP contribution < -0.4 is 15.8 Å². The zero-order chi connectivity index (χ0) is 15.1. The molecule has 2 rings (SSSR count). The summed E-state index contributed by atoms with van der Waals surface area (Å²) in [7, 11) is 0. The van der Waals surface area contributed by atoms with Gasteiger partial charge < -0.3 is 15.8 Å².